The zero-order chi connectivity index (χ0) is 79.7. The number of fused-ring (bicyclic) bond motifs is 5. The molecule has 2 unspecified atom stereocenters. The molecule has 5 heterocycles. The van der Waals surface area contributed by atoms with Crippen LogP contribution in [-0.2, 0) is 81.4 Å². The van der Waals surface area contributed by atoms with Gasteiger partial charge in [0.05, 0.1) is 41.4 Å². The van der Waals surface area contributed by atoms with Crippen LogP contribution < -0.4 is 25.6 Å². The SMILES string of the molecule is COC(=O)[C@H]1O[C@@H](Oc2ccc(/C=C/COC(=O)N(C)CCOC34CC5(C)CC(C)(CC(Cn6ncc(-c7ccc(N8CCc9cccc(C(=O)Nc%10nc%11ccccc%11s%10)c9C8)nc7C(=O)O)c6C)(C5)C3)C4)cc2NC(=O)CCNC(=O)OCC2c3ccccc3-c3ccccc32)[C@H](OC(C)=O)[C@@H](OC(C)=O)[C@@H]1OC(C)=O. The van der Waals surface area contributed by atoms with Crippen molar-refractivity contribution in [1.82, 2.24) is 30.0 Å². The van der Waals surface area contributed by atoms with Gasteiger partial charge in [0, 0.05) is 95.3 Å². The molecule has 28 nitrogen and oxygen atoms in total. The number of carboxylic acid groups (broad SMARTS) is 1. The molecule has 4 bridgehead atoms. The molecule has 5 aromatic carbocycles. The third-order valence-corrected chi connectivity index (χ3v) is 23.0. The van der Waals surface area contributed by atoms with E-state index in [0.717, 1.165) is 116 Å². The molecule has 29 heteroatoms. The van der Waals surface area contributed by atoms with Crippen LogP contribution in [0.1, 0.15) is 140 Å². The van der Waals surface area contributed by atoms with E-state index in [1.165, 1.54) is 28.4 Å². The van der Waals surface area contributed by atoms with Gasteiger partial charge in [0.15, 0.2) is 29.1 Å². The van der Waals surface area contributed by atoms with Crippen molar-refractivity contribution >= 4 is 98.1 Å². The molecule has 4 N–H and O–H groups in total. The molecule has 7 atom stereocenters. The second-order valence-corrected chi connectivity index (χ2v) is 32.0. The number of carboxylic acids is 1. The maximum Gasteiger partial charge on any atom is 0.409 e. The number of aromatic carboxylic acids is 1. The summed E-state index contributed by atoms with van der Waals surface area (Å²) in [6.45, 7) is 11.5. The van der Waals surface area contributed by atoms with Crippen LogP contribution in [-0.4, -0.2) is 174 Å². The van der Waals surface area contributed by atoms with Gasteiger partial charge in [-0.2, -0.15) is 5.10 Å². The number of nitrogens with one attached hydrogen (secondary N) is 3. The third-order valence-electron chi connectivity index (χ3n) is 22.1. The van der Waals surface area contributed by atoms with Gasteiger partial charge in [-0.3, -0.25) is 34.0 Å². The van der Waals surface area contributed by atoms with Crippen molar-refractivity contribution in [2.24, 2.45) is 16.2 Å². The van der Waals surface area contributed by atoms with E-state index < -0.39 is 84.2 Å². The number of thiazole rings is 1. The largest absolute Gasteiger partial charge is 0.476 e. The van der Waals surface area contributed by atoms with Crippen LogP contribution in [0, 0.1) is 23.2 Å². The lowest BCUT2D eigenvalue weighted by molar-refractivity contribution is -0.282. The Morgan fingerprint density at radius 3 is 2.15 bits per heavy atom. The number of benzene rings is 5. The number of para-hydroxylation sites is 1. The average Bonchev–Trinajstić information content (AvgIpc) is 0.812. The Kier molecular flexibility index (Phi) is 22.3. The highest BCUT2D eigenvalue weighted by Gasteiger charge is 2.66. The van der Waals surface area contributed by atoms with E-state index >= 15 is 0 Å². The number of anilines is 3. The summed E-state index contributed by atoms with van der Waals surface area (Å²) in [5.74, 6) is -5.63. The monoisotopic (exact) mass is 1560 g/mol. The first-order valence-electron chi connectivity index (χ1n) is 37.6. The summed E-state index contributed by atoms with van der Waals surface area (Å²) < 4.78 is 55.3. The highest BCUT2D eigenvalue weighted by atomic mass is 32.1. The maximum atomic E-state index is 13.9. The highest BCUT2D eigenvalue weighted by Crippen LogP contribution is 2.72. The van der Waals surface area contributed by atoms with Crippen molar-refractivity contribution in [2.75, 3.05) is 69.1 Å². The van der Waals surface area contributed by atoms with Crippen LogP contribution in [0.4, 0.5) is 26.2 Å². The fourth-order valence-electron chi connectivity index (χ4n) is 18.6. The second-order valence-electron chi connectivity index (χ2n) is 30.9. The number of esters is 4. The normalized spacial score (nSPS) is 23.1. The first-order chi connectivity index (χ1) is 54.2. The summed E-state index contributed by atoms with van der Waals surface area (Å²) in [5.41, 5.74) is 8.94. The zero-order valence-electron chi connectivity index (χ0n) is 63.9. The average molecular weight is 1560 g/mol. The molecular formula is C84H89N9O19S. The number of rotatable bonds is 26. The topological polar surface area (TPSA) is 343 Å². The summed E-state index contributed by atoms with van der Waals surface area (Å²) in [7, 11) is 2.69. The van der Waals surface area contributed by atoms with E-state index in [9.17, 15) is 48.3 Å². The van der Waals surface area contributed by atoms with Crippen LogP contribution in [0.3, 0.4) is 0 Å². The summed E-state index contributed by atoms with van der Waals surface area (Å²) in [4.78, 5) is 132. The van der Waals surface area contributed by atoms with E-state index in [0.29, 0.717) is 59.3 Å². The Morgan fingerprint density at radius 1 is 0.743 bits per heavy atom. The summed E-state index contributed by atoms with van der Waals surface area (Å²) in [5, 5.41) is 24.7. The standard InChI is InChI=1S/C84H89N9O19S/c1-48-60(58-27-29-67(89-69(58)75(99)100)92-33-31-53-18-15-23-59(61(53)39-92)74(98)90-78-88-63-24-13-14-25-66(63)113-78)38-86-93(48)47-83-42-81(5)41-82(6,43-83)45-84(44-81,46-83)107-36-34-91(7)80(103)105-35-16-17-52-26-28-65(111-77-73(110-51(4)96)71(109-50(3)95)70(108-49(2)94)72(112-77)76(101)104-8)64(37-52)87-68(97)30-32-85-79(102)106-40-62-56-21-11-9-19-54(56)55-20-10-12-22-57(55)62/h9-29,37-38,62,70-73,77H,30-36,39-47H2,1-8H3,(H,85,102)(H,87,97)(H,99,100)(H,88,90,98)/b17-16+/t70-,71-,72-,73+,77+,81?,82?,83?,84?/m0/s1. The molecule has 15 rings (SSSR count). The van der Waals surface area contributed by atoms with Gasteiger partial charge in [0.25, 0.3) is 5.91 Å². The van der Waals surface area contributed by atoms with E-state index in [1.54, 1.807) is 37.5 Å². The third kappa shape index (κ3) is 17.0. The Hall–Kier alpha value is -11.6. The van der Waals surface area contributed by atoms with Crippen molar-refractivity contribution in [1.29, 1.82) is 0 Å². The number of ether oxygens (including phenoxy) is 9. The minimum atomic E-state index is -1.79. The number of aromatic nitrogens is 4. The number of likely N-dealkylation sites (N-methyl/N-ethyl adjacent to an activating group) is 1. The van der Waals surface area contributed by atoms with E-state index in [-0.39, 0.29) is 84.5 Å². The van der Waals surface area contributed by atoms with Crippen molar-refractivity contribution in [3.63, 3.8) is 0 Å². The number of hydrogen-bond donors (Lipinski definition) is 4. The van der Waals surface area contributed by atoms with Gasteiger partial charge in [0.2, 0.25) is 18.3 Å². The number of hydrogen-bond acceptors (Lipinski definition) is 23. The number of nitrogens with zero attached hydrogens (tertiary/aromatic N) is 6. The summed E-state index contributed by atoms with van der Waals surface area (Å²) in [6.07, 6.45) is 0.802. The molecule has 0 spiro atoms. The number of alkyl carbamates (subject to hydrolysis) is 1. The number of pyridine rings is 1. The molecule has 3 aromatic heterocycles. The lowest BCUT2D eigenvalue weighted by Crippen LogP contribution is -2.64. The molecule has 0 radical (unpaired) electrons. The molecule has 4 saturated carbocycles. The minimum Gasteiger partial charge on any atom is -0.476 e. The number of carbonyl (C=O) groups excluding carboxylic acids is 8. The van der Waals surface area contributed by atoms with Crippen LogP contribution in [0.25, 0.3) is 38.5 Å². The Morgan fingerprint density at radius 2 is 1.44 bits per heavy atom. The van der Waals surface area contributed by atoms with E-state index in [2.05, 4.69) is 34.8 Å². The fraction of sp³-hybridized carbons (Fsp3) is 0.405. The fourth-order valence-corrected chi connectivity index (χ4v) is 19.5. The van der Waals surface area contributed by atoms with Gasteiger partial charge < -0.3 is 68.2 Å². The van der Waals surface area contributed by atoms with Gasteiger partial charge in [-0.05, 0) is 156 Å². The molecule has 8 aromatic rings. The first-order valence-corrected chi connectivity index (χ1v) is 38.4. The molecule has 590 valence electrons. The second kappa shape index (κ2) is 32.3. The van der Waals surface area contributed by atoms with Gasteiger partial charge in [-0.1, -0.05) is 110 Å². The van der Waals surface area contributed by atoms with Gasteiger partial charge in [-0.25, -0.2) is 29.1 Å². The highest BCUT2D eigenvalue weighted by molar-refractivity contribution is 7.22. The molecule has 4 amide bonds. The van der Waals surface area contributed by atoms with Crippen molar-refractivity contribution in [3.05, 3.63) is 178 Å². The lowest BCUT2D eigenvalue weighted by atomic mass is 9.39. The van der Waals surface area contributed by atoms with Gasteiger partial charge in [0.1, 0.15) is 24.8 Å². The number of methoxy groups -OCH3 is 1. The van der Waals surface area contributed by atoms with Gasteiger partial charge >= 0.3 is 42.0 Å². The zero-order valence-corrected chi connectivity index (χ0v) is 64.8. The van der Waals surface area contributed by atoms with Crippen LogP contribution in [0.5, 0.6) is 5.75 Å². The van der Waals surface area contributed by atoms with E-state index in [1.807, 2.05) is 114 Å². The molecule has 7 aliphatic rings. The Balaban J connectivity index is 0.612. The van der Waals surface area contributed by atoms with E-state index in [4.69, 9.17) is 52.7 Å². The summed E-state index contributed by atoms with van der Waals surface area (Å²) in [6, 6.07) is 37.4. The molecule has 5 aliphatic carbocycles. The molecule has 5 fully saturated rings. The quantitative estimate of drug-likeness (QED) is 0.0289. The predicted molar refractivity (Wildman–Crippen MR) is 415 cm³/mol. The summed E-state index contributed by atoms with van der Waals surface area (Å²) >= 11 is 1.41. The van der Waals surface area contributed by atoms with Crippen LogP contribution in [0.2, 0.25) is 0 Å². The van der Waals surface area contributed by atoms with Crippen molar-refractivity contribution < 1.29 is 90.9 Å². The molecule has 1 saturated heterocycles. The molecule has 2 aliphatic heterocycles. The molecule has 113 heavy (non-hydrogen) atoms. The van der Waals surface area contributed by atoms with Crippen molar-refractivity contribution in [3.8, 4) is 28.0 Å². The first kappa shape index (κ1) is 78.1. The van der Waals surface area contributed by atoms with Crippen molar-refractivity contribution in [2.45, 2.75) is 148 Å². The predicted octanol–water partition coefficient (Wildman–Crippen LogP) is 12.2. The number of carbonyl (C=O) groups is 9. The smallest absolute Gasteiger partial charge is 0.409 e. The Labute approximate surface area is 655 Å². The maximum absolute atomic E-state index is 13.9. The lowest BCUT2D eigenvalue weighted by Gasteiger charge is -2.69. The molecular weight excluding hydrogens is 1470 g/mol. The minimum absolute atomic E-state index is 0.00935. The number of amides is 4. The Bertz CT molecular complexity index is 5000. The van der Waals surface area contributed by atoms with Gasteiger partial charge in [-0.15, -0.1) is 0 Å². The van der Waals surface area contributed by atoms with Crippen LogP contribution in [0.15, 0.2) is 134 Å². The van der Waals surface area contributed by atoms with Crippen LogP contribution >= 0.6 is 11.3 Å².